The highest BCUT2D eigenvalue weighted by Gasteiger charge is 2.29. The van der Waals surface area contributed by atoms with Crippen LogP contribution in [0.2, 0.25) is 0 Å². The number of benzene rings is 4. The van der Waals surface area contributed by atoms with Gasteiger partial charge in [-0.2, -0.15) is 5.10 Å². The number of nitrogens with zero attached hydrogens (tertiary/aromatic N) is 6. The van der Waals surface area contributed by atoms with Gasteiger partial charge in [-0.05, 0) is 74.9 Å². The summed E-state index contributed by atoms with van der Waals surface area (Å²) >= 11 is 0. The molecule has 6 rings (SSSR count). The maximum absolute atomic E-state index is 13.8. The van der Waals surface area contributed by atoms with Crippen molar-refractivity contribution >= 4 is 11.8 Å². The van der Waals surface area contributed by atoms with Gasteiger partial charge in [0.25, 0.3) is 0 Å². The number of nitrogens with one attached hydrogen (secondary N) is 2. The average molecular weight is 751 g/mol. The first kappa shape index (κ1) is 39.8. The number of imidazole rings is 1. The van der Waals surface area contributed by atoms with E-state index in [9.17, 15) is 9.59 Å². The Morgan fingerprint density at radius 1 is 0.607 bits per heavy atom. The van der Waals surface area contributed by atoms with Gasteiger partial charge in [0.15, 0.2) is 0 Å². The van der Waals surface area contributed by atoms with Gasteiger partial charge < -0.3 is 14.8 Å². The number of hydrogen-bond donors (Lipinski definition) is 2. The Bertz CT molecular complexity index is 1990. The molecule has 290 valence electrons. The quantitative estimate of drug-likeness (QED) is 0.0974. The molecule has 0 bridgehead atoms. The molecule has 0 saturated heterocycles. The van der Waals surface area contributed by atoms with Crippen LogP contribution in [-0.4, -0.2) is 92.9 Å². The SMILES string of the molecule is CCCN(Cc1cc(-c2ccc(-c3ccc(-c4cnc(CN(CCC)C(=O)C(c5ccccc5)N(C)C)[nH]4)cc3)cc2)n[nH]1)C(=O)C(c1ccccc1)N(C)C. The van der Waals surface area contributed by atoms with Gasteiger partial charge in [-0.25, -0.2) is 4.98 Å². The molecule has 2 heterocycles. The van der Waals surface area contributed by atoms with Gasteiger partial charge in [0.2, 0.25) is 11.8 Å². The fraction of sp³-hybridized carbons (Fsp3) is 0.304. The molecule has 2 amide bonds. The van der Waals surface area contributed by atoms with Crippen molar-refractivity contribution in [3.05, 3.63) is 144 Å². The molecule has 0 aliphatic carbocycles. The van der Waals surface area contributed by atoms with E-state index in [4.69, 9.17) is 0 Å². The van der Waals surface area contributed by atoms with E-state index in [0.717, 1.165) is 69.1 Å². The Morgan fingerprint density at radius 3 is 1.55 bits per heavy atom. The number of carbonyl (C=O) groups excluding carboxylic acids is 2. The number of likely N-dealkylation sites (N-methyl/N-ethyl adjacent to an activating group) is 2. The van der Waals surface area contributed by atoms with E-state index in [-0.39, 0.29) is 23.9 Å². The fourth-order valence-electron chi connectivity index (χ4n) is 7.26. The first-order valence-electron chi connectivity index (χ1n) is 19.5. The minimum atomic E-state index is -0.365. The van der Waals surface area contributed by atoms with E-state index in [1.165, 1.54) is 0 Å². The number of hydrogen-bond acceptors (Lipinski definition) is 6. The van der Waals surface area contributed by atoms with Crippen molar-refractivity contribution in [2.24, 2.45) is 0 Å². The lowest BCUT2D eigenvalue weighted by Gasteiger charge is -2.30. The van der Waals surface area contributed by atoms with Crippen LogP contribution < -0.4 is 0 Å². The molecule has 2 N–H and O–H groups in total. The monoisotopic (exact) mass is 750 g/mol. The van der Waals surface area contributed by atoms with Crippen LogP contribution in [-0.2, 0) is 22.7 Å². The predicted octanol–water partition coefficient (Wildman–Crippen LogP) is 8.22. The zero-order valence-electron chi connectivity index (χ0n) is 33.4. The summed E-state index contributed by atoms with van der Waals surface area (Å²) in [5.41, 5.74) is 8.81. The number of amides is 2. The third kappa shape index (κ3) is 9.50. The lowest BCUT2D eigenvalue weighted by atomic mass is 10.0. The molecule has 2 unspecified atom stereocenters. The molecule has 0 radical (unpaired) electrons. The second-order valence-corrected chi connectivity index (χ2v) is 14.7. The van der Waals surface area contributed by atoms with Gasteiger partial charge in [0, 0.05) is 18.7 Å². The van der Waals surface area contributed by atoms with Gasteiger partial charge in [0.05, 0.1) is 36.4 Å². The lowest BCUT2D eigenvalue weighted by molar-refractivity contribution is -0.138. The predicted molar refractivity (Wildman–Crippen MR) is 224 cm³/mol. The Labute approximate surface area is 331 Å². The van der Waals surface area contributed by atoms with Crippen LogP contribution in [0, 0.1) is 0 Å². The van der Waals surface area contributed by atoms with Crippen LogP contribution in [0.15, 0.2) is 121 Å². The largest absolute Gasteiger partial charge is 0.341 e. The lowest BCUT2D eigenvalue weighted by Crippen LogP contribution is -2.40. The van der Waals surface area contributed by atoms with Gasteiger partial charge >= 0.3 is 0 Å². The summed E-state index contributed by atoms with van der Waals surface area (Å²) in [7, 11) is 7.78. The molecule has 0 aliphatic rings. The number of rotatable bonds is 17. The van der Waals surface area contributed by atoms with E-state index >= 15 is 0 Å². The molecule has 0 spiro atoms. The van der Waals surface area contributed by atoms with E-state index in [1.54, 1.807) is 0 Å². The highest BCUT2D eigenvalue weighted by atomic mass is 16.2. The number of aromatic amines is 2. The van der Waals surface area contributed by atoms with Crippen molar-refractivity contribution in [2.75, 3.05) is 41.3 Å². The van der Waals surface area contributed by atoms with Crippen LogP contribution in [0.25, 0.3) is 33.6 Å². The highest BCUT2D eigenvalue weighted by molar-refractivity contribution is 5.84. The summed E-state index contributed by atoms with van der Waals surface area (Å²) in [6.45, 7) is 6.35. The molecule has 10 heteroatoms. The zero-order chi connectivity index (χ0) is 39.6. The van der Waals surface area contributed by atoms with Crippen molar-refractivity contribution in [2.45, 2.75) is 51.9 Å². The summed E-state index contributed by atoms with van der Waals surface area (Å²) in [4.78, 5) is 43.5. The van der Waals surface area contributed by atoms with Crippen LogP contribution >= 0.6 is 0 Å². The Morgan fingerprint density at radius 2 is 1.07 bits per heavy atom. The van der Waals surface area contributed by atoms with Gasteiger partial charge in [0.1, 0.15) is 17.9 Å². The summed E-state index contributed by atoms with van der Waals surface area (Å²) in [6, 6.07) is 38.0. The average Bonchev–Trinajstić information content (AvgIpc) is 3.88. The van der Waals surface area contributed by atoms with Crippen LogP contribution in [0.1, 0.15) is 61.4 Å². The summed E-state index contributed by atoms with van der Waals surface area (Å²) in [5.74, 6) is 0.890. The number of carbonyl (C=O) groups is 2. The minimum Gasteiger partial charge on any atom is -0.341 e. The number of H-pyrrole nitrogens is 2. The summed E-state index contributed by atoms with van der Waals surface area (Å²) in [6.07, 6.45) is 3.56. The highest BCUT2D eigenvalue weighted by Crippen LogP contribution is 2.28. The third-order valence-corrected chi connectivity index (χ3v) is 10.0. The molecular weight excluding hydrogens is 697 g/mol. The topological polar surface area (TPSA) is 104 Å². The van der Waals surface area contributed by atoms with Gasteiger partial charge in [-0.1, -0.05) is 123 Å². The van der Waals surface area contributed by atoms with Crippen molar-refractivity contribution in [3.63, 3.8) is 0 Å². The second kappa shape index (κ2) is 18.7. The Hall–Kier alpha value is -5.84. The Balaban J connectivity index is 1.10. The van der Waals surface area contributed by atoms with E-state index in [1.807, 2.05) is 121 Å². The fourth-order valence-corrected chi connectivity index (χ4v) is 7.26. The second-order valence-electron chi connectivity index (χ2n) is 14.7. The van der Waals surface area contributed by atoms with Gasteiger partial charge in [-0.15, -0.1) is 0 Å². The molecular formula is C46H54N8O2. The number of aromatic nitrogens is 4. The first-order valence-corrected chi connectivity index (χ1v) is 19.5. The van der Waals surface area contributed by atoms with E-state index < -0.39 is 0 Å². The molecule has 4 aromatic carbocycles. The van der Waals surface area contributed by atoms with Crippen molar-refractivity contribution in [1.82, 2.24) is 39.8 Å². The maximum Gasteiger partial charge on any atom is 0.244 e. The molecule has 56 heavy (non-hydrogen) atoms. The standard InChI is InChI=1S/C46H54N8O2/c1-7-27-53(45(55)43(51(3)4)37-15-11-9-12-16-37)31-39-29-40(50-49-39)35-23-19-33(20-24-35)34-21-25-36(26-22-34)41-30-47-42(48-41)32-54(28-8-2)46(56)44(52(5)6)38-17-13-10-14-18-38/h9-26,29-30,43-44H,7-8,27-28,31-32H2,1-6H3,(H,47,48)(H,49,50). The third-order valence-electron chi connectivity index (χ3n) is 10.0. The van der Waals surface area contributed by atoms with Gasteiger partial charge in [-0.3, -0.25) is 24.5 Å². The van der Waals surface area contributed by atoms with E-state index in [2.05, 4.69) is 82.5 Å². The maximum atomic E-state index is 13.8. The zero-order valence-corrected chi connectivity index (χ0v) is 33.4. The smallest absolute Gasteiger partial charge is 0.244 e. The van der Waals surface area contributed by atoms with Crippen LogP contribution in [0.4, 0.5) is 0 Å². The molecule has 0 fully saturated rings. The van der Waals surface area contributed by atoms with Crippen molar-refractivity contribution in [1.29, 1.82) is 0 Å². The minimum absolute atomic E-state index is 0.0621. The molecule has 0 aliphatic heterocycles. The van der Waals surface area contributed by atoms with Crippen molar-refractivity contribution < 1.29 is 9.59 Å². The summed E-state index contributed by atoms with van der Waals surface area (Å²) < 4.78 is 0. The molecule has 2 aromatic heterocycles. The molecule has 10 nitrogen and oxygen atoms in total. The normalized spacial score (nSPS) is 12.5. The summed E-state index contributed by atoms with van der Waals surface area (Å²) in [5, 5.41) is 7.78. The van der Waals surface area contributed by atoms with E-state index in [0.29, 0.717) is 26.2 Å². The van der Waals surface area contributed by atoms with Crippen LogP contribution in [0.3, 0.4) is 0 Å². The Kier molecular flexibility index (Phi) is 13.3. The molecule has 0 saturated carbocycles. The molecule has 2 atom stereocenters. The molecule has 6 aromatic rings. The first-order chi connectivity index (χ1) is 27.2. The van der Waals surface area contributed by atoms with Crippen LogP contribution in [0.5, 0.6) is 0 Å². The van der Waals surface area contributed by atoms with Crippen molar-refractivity contribution in [3.8, 4) is 33.6 Å².